The molecule has 4 heteroatoms. The van der Waals surface area contributed by atoms with Crippen molar-refractivity contribution in [2.24, 2.45) is 0 Å². The Balaban J connectivity index is 0.733. The van der Waals surface area contributed by atoms with E-state index in [0.29, 0.717) is 0 Å². The second-order valence-corrected chi connectivity index (χ2v) is 24.0. The third-order valence-electron chi connectivity index (χ3n) is 17.3. The Morgan fingerprint density at radius 2 is 0.519 bits per heavy atom. The highest BCUT2D eigenvalue weighted by atomic mass is 15.1. The predicted molar refractivity (Wildman–Crippen MR) is 334 cm³/mol. The summed E-state index contributed by atoms with van der Waals surface area (Å²) in [5.41, 5.74) is 32.1. The normalized spacial score (nSPS) is 14.7. The average molecular weight is 1020 g/mol. The smallest absolute Gasteiger partial charge is 0.0492 e. The molecule has 79 heavy (non-hydrogen) atoms. The van der Waals surface area contributed by atoms with Gasteiger partial charge < -0.3 is 9.80 Å². The van der Waals surface area contributed by atoms with Crippen LogP contribution in [0.3, 0.4) is 0 Å². The molecule has 3 aliphatic rings. The van der Waals surface area contributed by atoms with E-state index in [-0.39, 0.29) is 16.2 Å². The Bertz CT molecular complexity index is 3850. The maximum Gasteiger partial charge on any atom is 0.0492 e. The van der Waals surface area contributed by atoms with Gasteiger partial charge in [0.05, 0.1) is 0 Å². The Morgan fingerprint density at radius 3 is 0.797 bits per heavy atom. The number of hydrogen-bond acceptors (Lipinski definition) is 4. The lowest BCUT2D eigenvalue weighted by atomic mass is 9.81. The standard InChI is InChI=1S/C75H66N4/c1-47-35-48(2)38-59(37-47)78(55-27-31-76-32-28-55)57-19-25-65-63-23-17-53(43-69(63)74(7,8)71(65)45-57)13-11-51-15-21-61-62-22-16-52(42-68(62)73(5,6)67(61)41-51)12-14-54-18-24-64-66-26-20-58(46-72(66)75(9,10)70(64)44-54)79(56-29-33-77-34-30-56)60-39-49(3)36-50(4)40-60/h11-46H,1-10H3. The van der Waals surface area contributed by atoms with Crippen LogP contribution in [0.15, 0.2) is 195 Å². The van der Waals surface area contributed by atoms with Gasteiger partial charge in [-0.3, -0.25) is 9.97 Å². The summed E-state index contributed by atoms with van der Waals surface area (Å²) >= 11 is 0. The first-order valence-electron chi connectivity index (χ1n) is 27.8. The second kappa shape index (κ2) is 18.7. The van der Waals surface area contributed by atoms with Crippen molar-refractivity contribution in [3.8, 4) is 33.4 Å². The van der Waals surface area contributed by atoms with Gasteiger partial charge in [0.2, 0.25) is 0 Å². The SMILES string of the molecule is Cc1cc(C)cc(N(c2ccncc2)c2ccc3c(c2)C(C)(C)c2cc(C=Cc4ccc5c(c4)C(C)(C)c4cc(C=Cc6ccc7c(c6)C(C)(C)c6cc(N(c8ccncc8)c8cc(C)cc(C)c8)ccc6-7)ccc4-5)ccc2-3)c1. The van der Waals surface area contributed by atoms with Crippen molar-refractivity contribution < 1.29 is 0 Å². The summed E-state index contributed by atoms with van der Waals surface area (Å²) in [6, 6.07) is 64.0. The summed E-state index contributed by atoms with van der Waals surface area (Å²) < 4.78 is 0. The van der Waals surface area contributed by atoms with E-state index in [1.54, 1.807) is 0 Å². The molecule has 0 atom stereocenters. The van der Waals surface area contributed by atoms with Crippen LogP contribution in [0.5, 0.6) is 0 Å². The van der Waals surface area contributed by atoms with Gasteiger partial charge in [0.1, 0.15) is 0 Å². The molecule has 2 heterocycles. The summed E-state index contributed by atoms with van der Waals surface area (Å²) in [5, 5.41) is 0. The van der Waals surface area contributed by atoms with E-state index >= 15 is 0 Å². The molecule has 386 valence electrons. The molecule has 0 aliphatic heterocycles. The van der Waals surface area contributed by atoms with Gasteiger partial charge in [0.25, 0.3) is 0 Å². The molecule has 0 bridgehead atoms. The first-order valence-corrected chi connectivity index (χ1v) is 27.8. The molecule has 8 aromatic carbocycles. The highest BCUT2D eigenvalue weighted by Gasteiger charge is 2.39. The number of anilines is 6. The molecule has 0 radical (unpaired) electrons. The lowest BCUT2D eigenvalue weighted by Gasteiger charge is -2.28. The third-order valence-corrected chi connectivity index (χ3v) is 17.3. The van der Waals surface area contributed by atoms with Gasteiger partial charge in [-0.1, -0.05) is 163 Å². The molecule has 0 saturated heterocycles. The van der Waals surface area contributed by atoms with Crippen LogP contribution >= 0.6 is 0 Å². The minimum atomic E-state index is -0.184. The van der Waals surface area contributed by atoms with Crippen molar-refractivity contribution in [2.45, 2.75) is 85.5 Å². The molecule has 0 unspecified atom stereocenters. The van der Waals surface area contributed by atoms with E-state index < -0.39 is 0 Å². The summed E-state index contributed by atoms with van der Waals surface area (Å²) in [4.78, 5) is 13.4. The van der Waals surface area contributed by atoms with Crippen LogP contribution in [-0.4, -0.2) is 9.97 Å². The molecule has 0 amide bonds. The van der Waals surface area contributed by atoms with Gasteiger partial charge in [-0.2, -0.15) is 0 Å². The third kappa shape index (κ3) is 8.53. The largest absolute Gasteiger partial charge is 0.310 e. The molecule has 2 aromatic heterocycles. The molecular weight excluding hydrogens is 957 g/mol. The van der Waals surface area contributed by atoms with Crippen LogP contribution < -0.4 is 9.80 Å². The lowest BCUT2D eigenvalue weighted by Crippen LogP contribution is -2.17. The van der Waals surface area contributed by atoms with Crippen molar-refractivity contribution in [1.82, 2.24) is 9.97 Å². The van der Waals surface area contributed by atoms with Crippen LogP contribution in [0.25, 0.3) is 57.7 Å². The van der Waals surface area contributed by atoms with Crippen LogP contribution in [0.4, 0.5) is 34.1 Å². The zero-order valence-electron chi connectivity index (χ0n) is 47.1. The first kappa shape index (κ1) is 49.7. The quantitative estimate of drug-likeness (QED) is 0.128. The second-order valence-electron chi connectivity index (χ2n) is 24.0. The number of rotatable bonds is 10. The number of benzene rings is 8. The molecule has 13 rings (SSSR count). The van der Waals surface area contributed by atoms with Crippen molar-refractivity contribution in [3.63, 3.8) is 0 Å². The highest BCUT2D eigenvalue weighted by Crippen LogP contribution is 2.54. The predicted octanol–water partition coefficient (Wildman–Crippen LogP) is 19.9. The zero-order chi connectivity index (χ0) is 54.5. The Kier molecular flexibility index (Phi) is 11.7. The molecule has 3 aliphatic carbocycles. The lowest BCUT2D eigenvalue weighted by molar-refractivity contribution is 0.660. The summed E-state index contributed by atoms with van der Waals surface area (Å²) in [5.74, 6) is 0. The van der Waals surface area contributed by atoms with E-state index in [0.717, 1.165) is 34.1 Å². The molecule has 0 saturated carbocycles. The molecule has 4 nitrogen and oxygen atoms in total. The van der Waals surface area contributed by atoms with E-state index in [1.807, 2.05) is 24.8 Å². The van der Waals surface area contributed by atoms with Gasteiger partial charge in [-0.05, 0) is 212 Å². The number of fused-ring (bicyclic) bond motifs is 9. The first-order chi connectivity index (χ1) is 38.0. The van der Waals surface area contributed by atoms with Crippen LogP contribution in [0.1, 0.15) is 119 Å². The van der Waals surface area contributed by atoms with Crippen molar-refractivity contribution in [1.29, 1.82) is 0 Å². The Labute approximate surface area is 467 Å². The van der Waals surface area contributed by atoms with E-state index in [1.165, 1.54) is 111 Å². The van der Waals surface area contributed by atoms with Crippen LogP contribution in [-0.2, 0) is 16.2 Å². The van der Waals surface area contributed by atoms with E-state index in [9.17, 15) is 0 Å². The van der Waals surface area contributed by atoms with E-state index in [4.69, 9.17) is 0 Å². The fraction of sp³-hybridized carbons (Fsp3) is 0.173. The summed E-state index contributed by atoms with van der Waals surface area (Å²) in [6.45, 7) is 22.9. The fourth-order valence-corrected chi connectivity index (χ4v) is 13.4. The Morgan fingerprint density at radius 1 is 0.266 bits per heavy atom. The van der Waals surface area contributed by atoms with Crippen LogP contribution in [0, 0.1) is 27.7 Å². The molecule has 0 N–H and O–H groups in total. The van der Waals surface area contributed by atoms with Gasteiger partial charge in [0, 0.05) is 75.2 Å². The molecule has 0 spiro atoms. The topological polar surface area (TPSA) is 32.3 Å². The summed E-state index contributed by atoms with van der Waals surface area (Å²) in [6.07, 6.45) is 16.7. The Hall–Kier alpha value is -8.86. The van der Waals surface area contributed by atoms with E-state index in [2.05, 4.69) is 283 Å². The van der Waals surface area contributed by atoms with Crippen LogP contribution in [0.2, 0.25) is 0 Å². The maximum absolute atomic E-state index is 4.34. The minimum Gasteiger partial charge on any atom is -0.310 e. The monoisotopic (exact) mass is 1020 g/mol. The minimum absolute atomic E-state index is 0.154. The van der Waals surface area contributed by atoms with Gasteiger partial charge in [0.15, 0.2) is 0 Å². The summed E-state index contributed by atoms with van der Waals surface area (Å²) in [7, 11) is 0. The molecule has 0 fully saturated rings. The molecule has 10 aromatic rings. The number of aryl methyl sites for hydroxylation is 4. The van der Waals surface area contributed by atoms with Gasteiger partial charge in [-0.25, -0.2) is 0 Å². The van der Waals surface area contributed by atoms with Gasteiger partial charge >= 0.3 is 0 Å². The molecular formula is C75H66N4. The zero-order valence-corrected chi connectivity index (χ0v) is 47.1. The average Bonchev–Trinajstić information content (AvgIpc) is 4.01. The number of hydrogen-bond donors (Lipinski definition) is 0. The van der Waals surface area contributed by atoms with Crippen molar-refractivity contribution >= 4 is 58.4 Å². The highest BCUT2D eigenvalue weighted by molar-refractivity contribution is 5.90. The van der Waals surface area contributed by atoms with Crippen molar-refractivity contribution in [3.05, 3.63) is 273 Å². The number of nitrogens with zero attached hydrogens (tertiary/aromatic N) is 4. The van der Waals surface area contributed by atoms with Gasteiger partial charge in [-0.15, -0.1) is 0 Å². The number of pyridine rings is 2. The number of aromatic nitrogens is 2. The van der Waals surface area contributed by atoms with Crippen molar-refractivity contribution in [2.75, 3.05) is 9.80 Å². The maximum atomic E-state index is 4.34. The fourth-order valence-electron chi connectivity index (χ4n) is 13.4.